The average Bonchev–Trinajstić information content (AvgIpc) is 2.70. The van der Waals surface area contributed by atoms with Crippen LogP contribution in [0.1, 0.15) is 21.9 Å². The van der Waals surface area contributed by atoms with E-state index in [1.165, 1.54) is 30.3 Å². The second-order valence-corrected chi connectivity index (χ2v) is 3.74. The molecule has 1 N–H and O–H groups in total. The van der Waals surface area contributed by atoms with Crippen molar-refractivity contribution in [3.8, 4) is 5.75 Å². The van der Waals surface area contributed by atoms with Gasteiger partial charge in [0.05, 0.1) is 0 Å². The molecule has 0 saturated heterocycles. The van der Waals surface area contributed by atoms with E-state index in [0.717, 1.165) is 0 Å². The fourth-order valence-electron chi connectivity index (χ4n) is 1.46. The average molecular weight is 250 g/mol. The normalized spacial score (nSPS) is 10.3. The van der Waals surface area contributed by atoms with Crippen LogP contribution in [0.3, 0.4) is 0 Å². The van der Waals surface area contributed by atoms with Gasteiger partial charge in [-0.25, -0.2) is 9.18 Å². The Labute approximate surface area is 103 Å². The summed E-state index contributed by atoms with van der Waals surface area (Å²) in [7, 11) is 0. The molecule has 2 rings (SSSR count). The Morgan fingerprint density at radius 1 is 1.39 bits per heavy atom. The minimum Gasteiger partial charge on any atom is -0.489 e. The topological polar surface area (TPSA) is 59.7 Å². The van der Waals surface area contributed by atoms with Gasteiger partial charge in [-0.2, -0.15) is 0 Å². The number of furan rings is 1. The highest BCUT2D eigenvalue weighted by Crippen LogP contribution is 2.18. The molecule has 94 valence electrons. The number of rotatable bonds is 4. The van der Waals surface area contributed by atoms with Crippen molar-refractivity contribution < 1.29 is 23.4 Å². The number of carboxylic acid groups (broad SMARTS) is 1. The number of hydrogen-bond donors (Lipinski definition) is 1. The number of halogens is 1. The Kier molecular flexibility index (Phi) is 3.32. The number of ether oxygens (including phenoxy) is 1. The molecule has 18 heavy (non-hydrogen) atoms. The summed E-state index contributed by atoms with van der Waals surface area (Å²) in [5.74, 6) is -0.574. The Hall–Kier alpha value is -2.30. The molecule has 0 aliphatic rings. The lowest BCUT2D eigenvalue weighted by Gasteiger charge is -2.04. The fourth-order valence-corrected chi connectivity index (χ4v) is 1.46. The van der Waals surface area contributed by atoms with Gasteiger partial charge < -0.3 is 14.3 Å². The van der Waals surface area contributed by atoms with E-state index in [-0.39, 0.29) is 18.2 Å². The molecular formula is C13H11FO4. The number of aromatic carboxylic acids is 1. The smallest absolute Gasteiger partial charge is 0.371 e. The Morgan fingerprint density at radius 3 is 2.61 bits per heavy atom. The quantitative estimate of drug-likeness (QED) is 0.906. The summed E-state index contributed by atoms with van der Waals surface area (Å²) in [5, 5.41) is 8.76. The molecule has 0 amide bonds. The zero-order valence-electron chi connectivity index (χ0n) is 9.64. The first-order chi connectivity index (χ1) is 8.56. The van der Waals surface area contributed by atoms with E-state index in [2.05, 4.69) is 0 Å². The lowest BCUT2D eigenvalue weighted by Crippen LogP contribution is -1.96. The predicted molar refractivity (Wildman–Crippen MR) is 61.1 cm³/mol. The van der Waals surface area contributed by atoms with Gasteiger partial charge in [0.1, 0.15) is 23.9 Å². The van der Waals surface area contributed by atoms with Gasteiger partial charge >= 0.3 is 5.97 Å². The van der Waals surface area contributed by atoms with E-state index in [9.17, 15) is 9.18 Å². The van der Waals surface area contributed by atoms with E-state index in [1.807, 2.05) is 0 Å². The second-order valence-electron chi connectivity index (χ2n) is 3.74. The van der Waals surface area contributed by atoms with Gasteiger partial charge in [-0.3, -0.25) is 0 Å². The minimum absolute atomic E-state index is 0.120. The molecule has 0 spiro atoms. The van der Waals surface area contributed by atoms with Crippen molar-refractivity contribution in [2.75, 3.05) is 0 Å². The van der Waals surface area contributed by atoms with Crippen molar-refractivity contribution in [3.05, 3.63) is 53.2 Å². The highest BCUT2D eigenvalue weighted by atomic mass is 19.1. The summed E-state index contributed by atoms with van der Waals surface area (Å²) in [4.78, 5) is 10.7. The van der Waals surface area contributed by atoms with Crippen LogP contribution in [0, 0.1) is 12.7 Å². The molecule has 0 fully saturated rings. The molecule has 0 aliphatic heterocycles. The van der Waals surface area contributed by atoms with Crippen LogP contribution in [0.15, 0.2) is 34.7 Å². The maximum atomic E-state index is 12.7. The SMILES string of the molecule is Cc1oc(C(=O)O)cc1COc1ccc(F)cc1. The Balaban J connectivity index is 2.06. The summed E-state index contributed by atoms with van der Waals surface area (Å²) >= 11 is 0. The maximum Gasteiger partial charge on any atom is 0.371 e. The lowest BCUT2D eigenvalue weighted by molar-refractivity contribution is 0.0661. The third kappa shape index (κ3) is 2.68. The van der Waals surface area contributed by atoms with Crippen molar-refractivity contribution in [3.63, 3.8) is 0 Å². The lowest BCUT2D eigenvalue weighted by atomic mass is 10.2. The molecule has 0 saturated carbocycles. The van der Waals surface area contributed by atoms with Gasteiger partial charge in [0, 0.05) is 5.56 Å². The summed E-state index contributed by atoms with van der Waals surface area (Å²) in [6.45, 7) is 1.84. The van der Waals surface area contributed by atoms with Crippen molar-refractivity contribution in [1.29, 1.82) is 0 Å². The second kappa shape index (κ2) is 4.91. The van der Waals surface area contributed by atoms with Crippen LogP contribution >= 0.6 is 0 Å². The highest BCUT2D eigenvalue weighted by Gasteiger charge is 2.13. The monoisotopic (exact) mass is 250 g/mol. The zero-order valence-corrected chi connectivity index (χ0v) is 9.64. The Bertz CT molecular complexity index is 557. The van der Waals surface area contributed by atoms with E-state index in [1.54, 1.807) is 6.92 Å². The number of carboxylic acids is 1. The van der Waals surface area contributed by atoms with Crippen LogP contribution in [0.2, 0.25) is 0 Å². The third-order valence-electron chi connectivity index (χ3n) is 2.44. The maximum absolute atomic E-state index is 12.7. The van der Waals surface area contributed by atoms with Gasteiger partial charge in [-0.05, 0) is 37.3 Å². The van der Waals surface area contributed by atoms with Gasteiger partial charge in [0.25, 0.3) is 0 Å². The van der Waals surface area contributed by atoms with Crippen molar-refractivity contribution in [2.24, 2.45) is 0 Å². The molecule has 4 nitrogen and oxygen atoms in total. The van der Waals surface area contributed by atoms with Gasteiger partial charge in [-0.1, -0.05) is 0 Å². The van der Waals surface area contributed by atoms with Crippen LogP contribution in [0.5, 0.6) is 5.75 Å². The summed E-state index contributed by atoms with van der Waals surface area (Å²) in [6.07, 6.45) is 0. The van der Waals surface area contributed by atoms with Crippen LogP contribution in [-0.2, 0) is 6.61 Å². The highest BCUT2D eigenvalue weighted by molar-refractivity contribution is 5.84. The largest absolute Gasteiger partial charge is 0.489 e. The van der Waals surface area contributed by atoms with Gasteiger partial charge in [0.2, 0.25) is 5.76 Å². The van der Waals surface area contributed by atoms with Crippen molar-refractivity contribution in [2.45, 2.75) is 13.5 Å². The number of carbonyl (C=O) groups is 1. The van der Waals surface area contributed by atoms with Gasteiger partial charge in [0.15, 0.2) is 0 Å². The first-order valence-electron chi connectivity index (χ1n) is 5.27. The van der Waals surface area contributed by atoms with E-state index in [4.69, 9.17) is 14.3 Å². The number of benzene rings is 1. The molecular weight excluding hydrogens is 239 g/mol. The molecule has 0 radical (unpaired) electrons. The van der Waals surface area contributed by atoms with Crippen LogP contribution in [-0.4, -0.2) is 11.1 Å². The molecule has 1 aromatic heterocycles. The van der Waals surface area contributed by atoms with Crippen molar-refractivity contribution in [1.82, 2.24) is 0 Å². The third-order valence-corrected chi connectivity index (χ3v) is 2.44. The molecule has 0 aliphatic carbocycles. The minimum atomic E-state index is -1.12. The summed E-state index contributed by atoms with van der Waals surface area (Å²) in [6, 6.07) is 7.01. The molecule has 5 heteroatoms. The molecule has 1 aromatic carbocycles. The predicted octanol–water partition coefficient (Wildman–Crippen LogP) is 3.00. The molecule has 0 bridgehead atoms. The van der Waals surface area contributed by atoms with Crippen molar-refractivity contribution >= 4 is 5.97 Å². The van der Waals surface area contributed by atoms with E-state index >= 15 is 0 Å². The zero-order chi connectivity index (χ0) is 13.1. The number of aryl methyl sites for hydroxylation is 1. The molecule has 2 aromatic rings. The van der Waals surface area contributed by atoms with E-state index in [0.29, 0.717) is 17.1 Å². The standard InChI is InChI=1S/C13H11FO4/c1-8-9(6-12(18-8)13(15)16)7-17-11-4-2-10(14)3-5-11/h2-6H,7H2,1H3,(H,15,16). The van der Waals surface area contributed by atoms with Crippen LogP contribution in [0.25, 0.3) is 0 Å². The summed E-state index contributed by atoms with van der Waals surface area (Å²) < 4.78 is 23.1. The fraction of sp³-hybridized carbons (Fsp3) is 0.154. The first-order valence-corrected chi connectivity index (χ1v) is 5.27. The Morgan fingerprint density at radius 2 is 2.06 bits per heavy atom. The van der Waals surface area contributed by atoms with Gasteiger partial charge in [-0.15, -0.1) is 0 Å². The van der Waals surface area contributed by atoms with Crippen LogP contribution < -0.4 is 4.74 Å². The van der Waals surface area contributed by atoms with E-state index < -0.39 is 5.97 Å². The number of hydrogen-bond acceptors (Lipinski definition) is 3. The molecule has 0 unspecified atom stereocenters. The molecule has 0 atom stereocenters. The summed E-state index contributed by atoms with van der Waals surface area (Å²) in [5.41, 5.74) is 0.650. The first kappa shape index (κ1) is 12.2. The molecule has 1 heterocycles. The van der Waals surface area contributed by atoms with Crippen LogP contribution in [0.4, 0.5) is 4.39 Å².